The Balaban J connectivity index is 0.00000117. The Morgan fingerprint density at radius 1 is 1.19 bits per heavy atom. The van der Waals surface area contributed by atoms with Crippen molar-refractivity contribution in [2.75, 3.05) is 5.73 Å². The number of thiazole rings is 1. The van der Waals surface area contributed by atoms with E-state index in [2.05, 4.69) is 31.0 Å². The van der Waals surface area contributed by atoms with Gasteiger partial charge in [-0.1, -0.05) is 70.2 Å². The van der Waals surface area contributed by atoms with Gasteiger partial charge < -0.3 is 5.73 Å². The van der Waals surface area contributed by atoms with E-state index in [4.69, 9.17) is 5.73 Å². The zero-order valence-corrected chi connectivity index (χ0v) is 16.9. The number of hydrogen-bond donors (Lipinski definition) is 1. The van der Waals surface area contributed by atoms with Crippen molar-refractivity contribution in [2.45, 2.75) is 52.4 Å². The van der Waals surface area contributed by atoms with Crippen LogP contribution in [0, 0.1) is 0 Å². The van der Waals surface area contributed by atoms with Crippen LogP contribution in [-0.2, 0) is 5.41 Å². The first kappa shape index (κ1) is 20.1. The number of Topliss-reactive ketones (excluding diaryl/α,β-unsaturated/α-hetero) is 1. The molecule has 2 N–H and O–H groups in total. The minimum Gasteiger partial charge on any atom is -0.375 e. The summed E-state index contributed by atoms with van der Waals surface area (Å²) < 4.78 is 0. The van der Waals surface area contributed by atoms with Crippen LogP contribution in [0.15, 0.2) is 59.0 Å². The first-order valence-corrected chi connectivity index (χ1v) is 10.1. The van der Waals surface area contributed by atoms with Crippen LogP contribution >= 0.6 is 11.3 Å². The maximum absolute atomic E-state index is 12.8. The van der Waals surface area contributed by atoms with E-state index < -0.39 is 0 Å². The molecule has 0 unspecified atom stereocenters. The first-order chi connectivity index (χ1) is 12.5. The number of carbonyl (C=O) groups excluding carboxylic acids is 1. The Morgan fingerprint density at radius 2 is 1.88 bits per heavy atom. The molecule has 26 heavy (non-hydrogen) atoms. The molecule has 1 aromatic carbocycles. The molecule has 0 saturated carbocycles. The van der Waals surface area contributed by atoms with Crippen LogP contribution < -0.4 is 5.73 Å². The highest BCUT2D eigenvalue weighted by molar-refractivity contribution is 7.13. The normalized spacial score (nSPS) is 14.5. The van der Waals surface area contributed by atoms with Gasteiger partial charge >= 0.3 is 0 Å². The third-order valence-electron chi connectivity index (χ3n) is 4.56. The molecule has 0 amide bonds. The molecule has 0 radical (unpaired) electrons. The minimum atomic E-state index is -0.263. The third kappa shape index (κ3) is 4.50. The van der Waals surface area contributed by atoms with Crippen molar-refractivity contribution < 1.29 is 4.79 Å². The summed E-state index contributed by atoms with van der Waals surface area (Å²) in [7, 11) is 0. The maximum Gasteiger partial charge on any atom is 0.189 e. The second kappa shape index (κ2) is 8.95. The number of benzene rings is 1. The van der Waals surface area contributed by atoms with Crippen molar-refractivity contribution in [3.63, 3.8) is 0 Å². The lowest BCUT2D eigenvalue weighted by molar-refractivity contribution is 0.103. The van der Waals surface area contributed by atoms with Crippen molar-refractivity contribution in [3.05, 3.63) is 70.3 Å². The topological polar surface area (TPSA) is 56.0 Å². The van der Waals surface area contributed by atoms with E-state index in [9.17, 15) is 4.79 Å². The van der Waals surface area contributed by atoms with Gasteiger partial charge in [0.2, 0.25) is 0 Å². The van der Waals surface area contributed by atoms with Gasteiger partial charge in [-0.25, -0.2) is 4.98 Å². The Hall–Kier alpha value is -2.20. The fraction of sp³-hybridized carbons (Fsp3) is 0.364. The van der Waals surface area contributed by atoms with Gasteiger partial charge in [-0.3, -0.25) is 4.79 Å². The Bertz CT molecular complexity index is 801. The number of allylic oxidation sites excluding steroid dienone is 4. The van der Waals surface area contributed by atoms with E-state index >= 15 is 0 Å². The SMILES string of the molecule is CC.CC(C)(C1=CCCCC(C(=O)c2ccccc2)=C1)c1csc(N)n1. The quantitative estimate of drug-likeness (QED) is 0.679. The van der Waals surface area contributed by atoms with Crippen LogP contribution in [0.25, 0.3) is 0 Å². The molecule has 0 saturated heterocycles. The van der Waals surface area contributed by atoms with E-state index in [0.717, 1.165) is 41.7 Å². The van der Waals surface area contributed by atoms with Gasteiger partial charge in [-0.15, -0.1) is 11.3 Å². The number of rotatable bonds is 4. The Morgan fingerprint density at radius 3 is 2.50 bits per heavy atom. The van der Waals surface area contributed by atoms with Gasteiger partial charge in [0.05, 0.1) is 5.69 Å². The largest absolute Gasteiger partial charge is 0.375 e. The molecule has 4 heteroatoms. The van der Waals surface area contributed by atoms with Crippen LogP contribution in [-0.4, -0.2) is 10.8 Å². The van der Waals surface area contributed by atoms with Crippen LogP contribution in [0.3, 0.4) is 0 Å². The summed E-state index contributed by atoms with van der Waals surface area (Å²) in [5.41, 5.74) is 9.27. The molecule has 0 spiro atoms. The average Bonchev–Trinajstić information content (AvgIpc) is 2.96. The van der Waals surface area contributed by atoms with E-state index in [1.165, 1.54) is 11.3 Å². The number of aromatic nitrogens is 1. The van der Waals surface area contributed by atoms with Gasteiger partial charge in [0.15, 0.2) is 10.9 Å². The molecule has 3 nitrogen and oxygen atoms in total. The summed E-state index contributed by atoms with van der Waals surface area (Å²) in [6, 6.07) is 9.50. The van der Waals surface area contributed by atoms with Crippen LogP contribution in [0.1, 0.15) is 63.0 Å². The highest BCUT2D eigenvalue weighted by Gasteiger charge is 2.29. The fourth-order valence-corrected chi connectivity index (χ4v) is 3.71. The van der Waals surface area contributed by atoms with Crippen molar-refractivity contribution in [2.24, 2.45) is 0 Å². The number of nitrogen functional groups attached to an aromatic ring is 1. The lowest BCUT2D eigenvalue weighted by Crippen LogP contribution is -2.20. The Kier molecular flexibility index (Phi) is 6.92. The second-order valence-corrected chi connectivity index (χ2v) is 7.50. The summed E-state index contributed by atoms with van der Waals surface area (Å²) >= 11 is 1.46. The number of anilines is 1. The molecular weight excluding hydrogens is 340 g/mol. The first-order valence-electron chi connectivity index (χ1n) is 9.21. The molecule has 0 atom stereocenters. The minimum absolute atomic E-state index is 0.122. The van der Waals surface area contributed by atoms with E-state index in [1.807, 2.05) is 49.6 Å². The third-order valence-corrected chi connectivity index (χ3v) is 5.23. The van der Waals surface area contributed by atoms with E-state index in [0.29, 0.717) is 5.13 Å². The van der Waals surface area contributed by atoms with Gasteiger partial charge in [-0.2, -0.15) is 0 Å². The molecule has 1 aliphatic carbocycles. The molecule has 1 aliphatic rings. The lowest BCUT2D eigenvalue weighted by Gasteiger charge is -2.24. The molecule has 1 heterocycles. The zero-order valence-electron chi connectivity index (χ0n) is 16.1. The average molecular weight is 369 g/mol. The summed E-state index contributed by atoms with van der Waals surface area (Å²) in [5, 5.41) is 2.59. The maximum atomic E-state index is 12.8. The van der Waals surface area contributed by atoms with E-state index in [-0.39, 0.29) is 11.2 Å². The smallest absolute Gasteiger partial charge is 0.189 e. The molecule has 0 aliphatic heterocycles. The molecule has 3 rings (SSSR count). The molecule has 0 bridgehead atoms. The highest BCUT2D eigenvalue weighted by Crippen LogP contribution is 2.36. The van der Waals surface area contributed by atoms with Gasteiger partial charge in [0.25, 0.3) is 0 Å². The van der Waals surface area contributed by atoms with Crippen molar-refractivity contribution in [1.82, 2.24) is 4.98 Å². The molecule has 0 fully saturated rings. The second-order valence-electron chi connectivity index (χ2n) is 6.61. The van der Waals surface area contributed by atoms with Crippen LogP contribution in [0.4, 0.5) is 5.13 Å². The predicted octanol–water partition coefficient (Wildman–Crippen LogP) is 5.95. The number of hydrogen-bond acceptors (Lipinski definition) is 4. The van der Waals surface area contributed by atoms with E-state index in [1.54, 1.807) is 0 Å². The number of nitrogens with zero attached hydrogens (tertiary/aromatic N) is 1. The zero-order chi connectivity index (χ0) is 19.2. The number of nitrogens with two attached hydrogens (primary N) is 1. The van der Waals surface area contributed by atoms with Crippen LogP contribution in [0.5, 0.6) is 0 Å². The molecule has 2 aromatic rings. The van der Waals surface area contributed by atoms with Crippen LogP contribution in [0.2, 0.25) is 0 Å². The standard InChI is InChI=1S/C20H22N2OS.C2H6/c1-20(2,17-13-24-19(21)22-17)16-11-7-6-10-15(12-16)18(23)14-8-4-3-5-9-14;1-2/h3-5,8-9,11-13H,6-7,10H2,1-2H3,(H2,21,22);1-2H3. The number of ketones is 1. The highest BCUT2D eigenvalue weighted by atomic mass is 32.1. The summed E-state index contributed by atoms with van der Waals surface area (Å²) in [4.78, 5) is 17.3. The molecule has 138 valence electrons. The predicted molar refractivity (Wildman–Crippen MR) is 112 cm³/mol. The summed E-state index contributed by atoms with van der Waals surface area (Å²) in [5.74, 6) is 0.122. The molecule has 1 aromatic heterocycles. The van der Waals surface area contributed by atoms with Crippen molar-refractivity contribution in [1.29, 1.82) is 0 Å². The summed E-state index contributed by atoms with van der Waals surface area (Å²) in [6.45, 7) is 8.28. The van der Waals surface area contributed by atoms with Gasteiger partial charge in [-0.05, 0) is 24.8 Å². The molecular formula is C22H28N2OS. The fourth-order valence-electron chi connectivity index (χ4n) is 2.98. The van der Waals surface area contributed by atoms with Crippen molar-refractivity contribution >= 4 is 22.3 Å². The van der Waals surface area contributed by atoms with Gasteiger partial charge in [0, 0.05) is 21.9 Å². The Labute approximate surface area is 160 Å². The summed E-state index contributed by atoms with van der Waals surface area (Å²) in [6.07, 6.45) is 7.07. The lowest BCUT2D eigenvalue weighted by atomic mass is 9.80. The van der Waals surface area contributed by atoms with Crippen molar-refractivity contribution in [3.8, 4) is 0 Å². The number of carbonyl (C=O) groups is 1. The van der Waals surface area contributed by atoms with Gasteiger partial charge in [0.1, 0.15) is 0 Å². The monoisotopic (exact) mass is 368 g/mol.